The Morgan fingerprint density at radius 1 is 0.393 bits per heavy atom. The average Bonchev–Trinajstić information content (AvgIpc) is 3.20. The SMILES string of the molecule is [CH]1C(c2ccccc2)=Cc2c(-c3ccccc3)ccc(-c3ccccc3)c21.[Zr]. The topological polar surface area (TPSA) is 0 Å². The zero-order valence-corrected chi connectivity index (χ0v) is 17.9. The van der Waals surface area contributed by atoms with Crippen molar-refractivity contribution in [3.63, 3.8) is 0 Å². The summed E-state index contributed by atoms with van der Waals surface area (Å²) in [5.74, 6) is 0. The second kappa shape index (κ2) is 8.25. The molecule has 1 radical (unpaired) electrons. The van der Waals surface area contributed by atoms with E-state index in [4.69, 9.17) is 0 Å². The summed E-state index contributed by atoms with van der Waals surface area (Å²) in [7, 11) is 0. The van der Waals surface area contributed by atoms with Gasteiger partial charge in [-0.3, -0.25) is 0 Å². The van der Waals surface area contributed by atoms with E-state index in [1.165, 1.54) is 44.5 Å². The van der Waals surface area contributed by atoms with Crippen molar-refractivity contribution >= 4 is 11.6 Å². The molecule has 1 aliphatic carbocycles. The fourth-order valence-corrected chi connectivity index (χ4v) is 3.84. The first kappa shape index (κ1) is 18.8. The molecule has 1 heteroatoms. The van der Waals surface area contributed by atoms with Gasteiger partial charge in [-0.15, -0.1) is 0 Å². The maximum Gasteiger partial charge on any atom is 0.0218 e. The summed E-state index contributed by atoms with van der Waals surface area (Å²) in [6, 6.07) is 36.4. The first-order valence-electron chi connectivity index (χ1n) is 9.30. The van der Waals surface area contributed by atoms with Gasteiger partial charge in [0.1, 0.15) is 0 Å². The Kier molecular flexibility index (Phi) is 5.55. The molecule has 0 unspecified atom stereocenters. The first-order valence-corrected chi connectivity index (χ1v) is 9.30. The van der Waals surface area contributed by atoms with E-state index in [0.717, 1.165) is 0 Å². The number of hydrogen-bond acceptors (Lipinski definition) is 0. The molecule has 0 spiro atoms. The van der Waals surface area contributed by atoms with Crippen LogP contribution < -0.4 is 0 Å². The van der Waals surface area contributed by atoms with Crippen LogP contribution >= 0.6 is 0 Å². The monoisotopic (exact) mass is 433 g/mol. The third-order valence-corrected chi connectivity index (χ3v) is 5.16. The van der Waals surface area contributed by atoms with E-state index in [1.807, 2.05) is 0 Å². The number of fused-ring (bicyclic) bond motifs is 1. The number of allylic oxidation sites excluding steroid dienone is 1. The summed E-state index contributed by atoms with van der Waals surface area (Å²) >= 11 is 0. The summed E-state index contributed by atoms with van der Waals surface area (Å²) in [5, 5.41) is 0. The molecule has 5 rings (SSSR count). The van der Waals surface area contributed by atoms with Crippen LogP contribution in [0.4, 0.5) is 0 Å². The minimum atomic E-state index is 0. The molecular weight excluding hydrogens is 416 g/mol. The van der Waals surface area contributed by atoms with Gasteiger partial charge in [-0.2, -0.15) is 0 Å². The molecular formula is C27H19Zr. The standard InChI is InChI=1S/C27H19.Zr/c1-4-10-20(11-5-1)23-18-26-24(21-12-6-2-7-13-21)16-17-25(27(26)19-23)22-14-8-3-9-15-22;/h1-19H;. The molecule has 0 bridgehead atoms. The van der Waals surface area contributed by atoms with Crippen LogP contribution in [0.15, 0.2) is 103 Å². The summed E-state index contributed by atoms with van der Waals surface area (Å²) in [6.45, 7) is 0. The first-order chi connectivity index (χ1) is 13.4. The molecule has 1 aliphatic rings. The van der Waals surface area contributed by atoms with E-state index >= 15 is 0 Å². The molecule has 0 aromatic heterocycles. The van der Waals surface area contributed by atoms with Gasteiger partial charge in [-0.1, -0.05) is 103 Å². The largest absolute Gasteiger partial charge is 0.0622 e. The van der Waals surface area contributed by atoms with Gasteiger partial charge in [-0.25, -0.2) is 0 Å². The Balaban J connectivity index is 0.00000192. The van der Waals surface area contributed by atoms with E-state index in [2.05, 4.69) is 116 Å². The molecule has 0 amide bonds. The zero-order chi connectivity index (χ0) is 18.1. The number of benzene rings is 4. The molecule has 0 heterocycles. The van der Waals surface area contributed by atoms with E-state index in [-0.39, 0.29) is 26.2 Å². The molecule has 4 aromatic carbocycles. The van der Waals surface area contributed by atoms with Crippen molar-refractivity contribution in [2.75, 3.05) is 0 Å². The Morgan fingerprint density at radius 3 is 1.32 bits per heavy atom. The van der Waals surface area contributed by atoms with Gasteiger partial charge in [0.2, 0.25) is 0 Å². The van der Waals surface area contributed by atoms with Crippen molar-refractivity contribution < 1.29 is 26.2 Å². The normalized spacial score (nSPS) is 12.1. The second-order valence-electron chi connectivity index (χ2n) is 6.83. The third-order valence-electron chi connectivity index (χ3n) is 5.16. The van der Waals surface area contributed by atoms with Crippen LogP contribution in [0.2, 0.25) is 0 Å². The molecule has 0 fully saturated rings. The van der Waals surface area contributed by atoms with E-state index in [1.54, 1.807) is 0 Å². The van der Waals surface area contributed by atoms with Crippen molar-refractivity contribution in [3.8, 4) is 22.3 Å². The molecule has 0 aliphatic heterocycles. The Hall–Kier alpha value is -2.50. The van der Waals surface area contributed by atoms with Crippen LogP contribution in [0.25, 0.3) is 33.9 Å². The van der Waals surface area contributed by atoms with Crippen LogP contribution in [0.5, 0.6) is 0 Å². The van der Waals surface area contributed by atoms with Gasteiger partial charge >= 0.3 is 0 Å². The molecule has 4 aromatic rings. The van der Waals surface area contributed by atoms with Crippen LogP contribution in [0.1, 0.15) is 16.7 Å². The molecule has 0 atom stereocenters. The molecule has 0 saturated heterocycles. The van der Waals surface area contributed by atoms with Crippen molar-refractivity contribution in [2.24, 2.45) is 0 Å². The third kappa shape index (κ3) is 3.48. The van der Waals surface area contributed by atoms with E-state index < -0.39 is 0 Å². The average molecular weight is 435 g/mol. The number of rotatable bonds is 3. The van der Waals surface area contributed by atoms with Gasteiger partial charge in [0.05, 0.1) is 0 Å². The minimum absolute atomic E-state index is 0. The molecule has 0 N–H and O–H groups in total. The molecule has 0 saturated carbocycles. The predicted molar refractivity (Wildman–Crippen MR) is 115 cm³/mol. The van der Waals surface area contributed by atoms with Crippen LogP contribution in [0, 0.1) is 6.42 Å². The molecule has 131 valence electrons. The number of hydrogen-bond donors (Lipinski definition) is 0. The summed E-state index contributed by atoms with van der Waals surface area (Å²) in [6.07, 6.45) is 4.67. The predicted octanol–water partition coefficient (Wildman–Crippen LogP) is 7.12. The Morgan fingerprint density at radius 2 is 0.821 bits per heavy atom. The second-order valence-corrected chi connectivity index (χ2v) is 6.83. The maximum atomic E-state index is 2.33. The van der Waals surface area contributed by atoms with Gasteiger partial charge in [-0.05, 0) is 50.6 Å². The van der Waals surface area contributed by atoms with Crippen LogP contribution in [-0.4, -0.2) is 0 Å². The van der Waals surface area contributed by atoms with E-state index in [0.29, 0.717) is 0 Å². The summed E-state index contributed by atoms with van der Waals surface area (Å²) < 4.78 is 0. The van der Waals surface area contributed by atoms with Gasteiger partial charge < -0.3 is 0 Å². The van der Waals surface area contributed by atoms with Gasteiger partial charge in [0, 0.05) is 32.6 Å². The fraction of sp³-hybridized carbons (Fsp3) is 0. The van der Waals surface area contributed by atoms with Crippen molar-refractivity contribution in [3.05, 3.63) is 126 Å². The maximum absolute atomic E-state index is 2.33. The van der Waals surface area contributed by atoms with Crippen LogP contribution in [-0.2, 0) is 26.2 Å². The summed E-state index contributed by atoms with van der Waals surface area (Å²) in [5.41, 5.74) is 10.2. The molecule has 0 nitrogen and oxygen atoms in total. The zero-order valence-electron chi connectivity index (χ0n) is 15.5. The smallest absolute Gasteiger partial charge is 0.0218 e. The quantitative estimate of drug-likeness (QED) is 0.322. The summed E-state index contributed by atoms with van der Waals surface area (Å²) in [4.78, 5) is 0. The van der Waals surface area contributed by atoms with Crippen molar-refractivity contribution in [1.29, 1.82) is 0 Å². The molecule has 28 heavy (non-hydrogen) atoms. The van der Waals surface area contributed by atoms with Crippen molar-refractivity contribution in [2.45, 2.75) is 0 Å². The van der Waals surface area contributed by atoms with Gasteiger partial charge in [0.15, 0.2) is 0 Å². The van der Waals surface area contributed by atoms with Gasteiger partial charge in [0.25, 0.3) is 0 Å². The fourth-order valence-electron chi connectivity index (χ4n) is 3.84. The van der Waals surface area contributed by atoms with Crippen molar-refractivity contribution in [1.82, 2.24) is 0 Å². The van der Waals surface area contributed by atoms with E-state index in [9.17, 15) is 0 Å². The Bertz CT molecular complexity index is 1110. The Labute approximate surface area is 185 Å². The minimum Gasteiger partial charge on any atom is -0.0622 e. The van der Waals surface area contributed by atoms with Crippen LogP contribution in [0.3, 0.4) is 0 Å².